The normalized spacial score (nSPS) is 10.1. The number of aromatic nitrogens is 2. The van der Waals surface area contributed by atoms with Gasteiger partial charge in [-0.2, -0.15) is 10.2 Å². The molecule has 0 radical (unpaired) electrons. The summed E-state index contributed by atoms with van der Waals surface area (Å²) in [5, 5.41) is 7.89. The number of nitrogens with zero attached hydrogens (tertiary/aromatic N) is 2. The molecule has 0 aliphatic rings. The van der Waals surface area contributed by atoms with Gasteiger partial charge in [-0.15, -0.1) is 0 Å². The third-order valence-corrected chi connectivity index (χ3v) is 2.13. The molecule has 2 rings (SSSR count). The summed E-state index contributed by atoms with van der Waals surface area (Å²) >= 11 is 0. The van der Waals surface area contributed by atoms with E-state index >= 15 is 0 Å². The van der Waals surface area contributed by atoms with Crippen LogP contribution in [0.25, 0.3) is 0 Å². The molecule has 14 heavy (non-hydrogen) atoms. The molecule has 70 valence electrons. The molecule has 1 heterocycles. The highest BCUT2D eigenvalue weighted by Crippen LogP contribution is 2.07. The van der Waals surface area contributed by atoms with Crippen LogP contribution in [0.2, 0.25) is 0 Å². The van der Waals surface area contributed by atoms with Gasteiger partial charge in [0.1, 0.15) is 0 Å². The zero-order valence-corrected chi connectivity index (χ0v) is 8.14. The van der Waals surface area contributed by atoms with Crippen LogP contribution >= 0.6 is 0 Å². The van der Waals surface area contributed by atoms with Gasteiger partial charge < -0.3 is 0 Å². The summed E-state index contributed by atoms with van der Waals surface area (Å²) in [6.45, 7) is 2.09. The van der Waals surface area contributed by atoms with Crippen LogP contribution in [0.15, 0.2) is 42.6 Å². The molecule has 1 aromatic heterocycles. The maximum atomic E-state index is 4.05. The van der Waals surface area contributed by atoms with Crippen molar-refractivity contribution in [1.29, 1.82) is 0 Å². The first-order valence-electron chi connectivity index (χ1n) is 4.67. The molecular weight excluding hydrogens is 172 g/mol. The van der Waals surface area contributed by atoms with E-state index in [1.54, 1.807) is 6.20 Å². The third kappa shape index (κ3) is 2.16. The van der Waals surface area contributed by atoms with Gasteiger partial charge in [-0.3, -0.25) is 0 Å². The quantitative estimate of drug-likeness (QED) is 0.716. The lowest BCUT2D eigenvalue weighted by Crippen LogP contribution is -1.93. The summed E-state index contributed by atoms with van der Waals surface area (Å²) < 4.78 is 0. The van der Waals surface area contributed by atoms with E-state index in [0.717, 1.165) is 12.1 Å². The van der Waals surface area contributed by atoms with Gasteiger partial charge in [0, 0.05) is 12.6 Å². The van der Waals surface area contributed by atoms with E-state index in [0.29, 0.717) is 0 Å². The third-order valence-electron chi connectivity index (χ3n) is 2.13. The number of hydrogen-bond donors (Lipinski definition) is 0. The number of aryl methyl sites for hydroxylation is 1. The Hall–Kier alpha value is -1.70. The van der Waals surface area contributed by atoms with Gasteiger partial charge in [-0.05, 0) is 24.6 Å². The maximum Gasteiger partial charge on any atom is 0.0674 e. The van der Waals surface area contributed by atoms with Crippen molar-refractivity contribution in [3.05, 3.63) is 59.4 Å². The van der Waals surface area contributed by atoms with Crippen LogP contribution in [-0.4, -0.2) is 10.2 Å². The highest BCUT2D eigenvalue weighted by atomic mass is 15.1. The van der Waals surface area contributed by atoms with Crippen molar-refractivity contribution in [2.24, 2.45) is 0 Å². The Labute approximate surface area is 83.6 Å². The molecule has 0 atom stereocenters. The lowest BCUT2D eigenvalue weighted by atomic mass is 10.1. The fourth-order valence-corrected chi connectivity index (χ4v) is 1.34. The van der Waals surface area contributed by atoms with E-state index in [9.17, 15) is 0 Å². The first kappa shape index (κ1) is 8.88. The van der Waals surface area contributed by atoms with E-state index in [-0.39, 0.29) is 0 Å². The highest BCUT2D eigenvalue weighted by molar-refractivity contribution is 5.24. The average molecular weight is 184 g/mol. The van der Waals surface area contributed by atoms with Gasteiger partial charge in [-0.1, -0.05) is 29.8 Å². The second-order valence-corrected chi connectivity index (χ2v) is 3.38. The smallest absolute Gasteiger partial charge is 0.0674 e. The second-order valence-electron chi connectivity index (χ2n) is 3.38. The SMILES string of the molecule is Cc1ccc(Cc2cccnn2)cc1. The van der Waals surface area contributed by atoms with Crippen molar-refractivity contribution >= 4 is 0 Å². The van der Waals surface area contributed by atoms with E-state index in [2.05, 4.69) is 41.4 Å². The Morgan fingerprint density at radius 1 is 1.07 bits per heavy atom. The molecule has 0 saturated heterocycles. The van der Waals surface area contributed by atoms with Gasteiger partial charge in [-0.25, -0.2) is 0 Å². The van der Waals surface area contributed by atoms with Crippen LogP contribution in [-0.2, 0) is 6.42 Å². The Morgan fingerprint density at radius 3 is 2.50 bits per heavy atom. The molecule has 0 aliphatic heterocycles. The zero-order chi connectivity index (χ0) is 9.80. The summed E-state index contributed by atoms with van der Waals surface area (Å²) in [5.41, 5.74) is 3.57. The van der Waals surface area contributed by atoms with Crippen LogP contribution in [0, 0.1) is 6.92 Å². The van der Waals surface area contributed by atoms with Gasteiger partial charge in [0.2, 0.25) is 0 Å². The molecule has 0 bridgehead atoms. The largest absolute Gasteiger partial charge is 0.159 e. The minimum Gasteiger partial charge on any atom is -0.159 e. The molecule has 0 amide bonds. The molecule has 0 fully saturated rings. The van der Waals surface area contributed by atoms with Crippen molar-refractivity contribution < 1.29 is 0 Å². The molecule has 2 aromatic rings. The van der Waals surface area contributed by atoms with E-state index in [1.165, 1.54) is 11.1 Å². The molecule has 0 N–H and O–H groups in total. The van der Waals surface area contributed by atoms with Crippen LogP contribution in [0.5, 0.6) is 0 Å². The number of rotatable bonds is 2. The average Bonchev–Trinajstić information content (AvgIpc) is 2.23. The van der Waals surface area contributed by atoms with Crippen LogP contribution in [0.1, 0.15) is 16.8 Å². The minimum atomic E-state index is 0.855. The summed E-state index contributed by atoms with van der Waals surface area (Å²) in [7, 11) is 0. The lowest BCUT2D eigenvalue weighted by molar-refractivity contribution is 0.936. The number of hydrogen-bond acceptors (Lipinski definition) is 2. The van der Waals surface area contributed by atoms with Gasteiger partial charge in [0.25, 0.3) is 0 Å². The van der Waals surface area contributed by atoms with E-state index in [4.69, 9.17) is 0 Å². The van der Waals surface area contributed by atoms with Crippen LogP contribution in [0.3, 0.4) is 0 Å². The van der Waals surface area contributed by atoms with E-state index < -0.39 is 0 Å². The molecule has 1 aromatic carbocycles. The zero-order valence-electron chi connectivity index (χ0n) is 8.14. The first-order valence-corrected chi connectivity index (χ1v) is 4.67. The molecule has 0 aliphatic carbocycles. The predicted octanol–water partition coefficient (Wildman–Crippen LogP) is 2.38. The molecule has 2 nitrogen and oxygen atoms in total. The first-order chi connectivity index (χ1) is 6.84. The standard InChI is InChI=1S/C12H12N2/c1-10-4-6-11(7-5-10)9-12-3-2-8-13-14-12/h2-8H,9H2,1H3. The number of benzene rings is 1. The highest BCUT2D eigenvalue weighted by Gasteiger charge is 1.96. The van der Waals surface area contributed by atoms with Crippen LogP contribution in [0.4, 0.5) is 0 Å². The summed E-state index contributed by atoms with van der Waals surface area (Å²) in [6, 6.07) is 12.4. The predicted molar refractivity (Wildman–Crippen MR) is 56.0 cm³/mol. The lowest BCUT2D eigenvalue weighted by Gasteiger charge is -2.00. The summed E-state index contributed by atoms with van der Waals surface area (Å²) in [4.78, 5) is 0. The Bertz CT molecular complexity index is 392. The summed E-state index contributed by atoms with van der Waals surface area (Å²) in [6.07, 6.45) is 2.55. The topological polar surface area (TPSA) is 25.8 Å². The van der Waals surface area contributed by atoms with Crippen molar-refractivity contribution in [2.45, 2.75) is 13.3 Å². The fourth-order valence-electron chi connectivity index (χ4n) is 1.34. The molecule has 0 saturated carbocycles. The van der Waals surface area contributed by atoms with Gasteiger partial charge in [0.05, 0.1) is 5.69 Å². The van der Waals surface area contributed by atoms with Crippen LogP contribution < -0.4 is 0 Å². The fraction of sp³-hybridized carbons (Fsp3) is 0.167. The summed E-state index contributed by atoms with van der Waals surface area (Å²) in [5.74, 6) is 0. The monoisotopic (exact) mass is 184 g/mol. The Kier molecular flexibility index (Phi) is 2.54. The molecule has 0 spiro atoms. The van der Waals surface area contributed by atoms with Crippen molar-refractivity contribution in [3.8, 4) is 0 Å². The van der Waals surface area contributed by atoms with Gasteiger partial charge >= 0.3 is 0 Å². The molecule has 0 unspecified atom stereocenters. The van der Waals surface area contributed by atoms with Crippen molar-refractivity contribution in [2.75, 3.05) is 0 Å². The molecule has 2 heteroatoms. The Balaban J connectivity index is 2.16. The van der Waals surface area contributed by atoms with Crippen molar-refractivity contribution in [3.63, 3.8) is 0 Å². The van der Waals surface area contributed by atoms with E-state index in [1.807, 2.05) is 12.1 Å². The Morgan fingerprint density at radius 2 is 1.86 bits per heavy atom. The maximum absolute atomic E-state index is 4.05. The molecular formula is C12H12N2. The minimum absolute atomic E-state index is 0.855. The van der Waals surface area contributed by atoms with Crippen molar-refractivity contribution in [1.82, 2.24) is 10.2 Å². The van der Waals surface area contributed by atoms with Gasteiger partial charge in [0.15, 0.2) is 0 Å². The second kappa shape index (κ2) is 4.01.